The highest BCUT2D eigenvalue weighted by molar-refractivity contribution is 6.01. The Kier molecular flexibility index (Phi) is 4.99. The number of benzene rings is 1. The normalized spacial score (nSPS) is 20.6. The van der Waals surface area contributed by atoms with Crippen molar-refractivity contribution in [2.45, 2.75) is 70.4 Å². The van der Waals surface area contributed by atoms with Gasteiger partial charge in [0.1, 0.15) is 6.04 Å². The van der Waals surface area contributed by atoms with Gasteiger partial charge in [0.2, 0.25) is 11.8 Å². The van der Waals surface area contributed by atoms with E-state index in [1.54, 1.807) is 4.90 Å². The molecule has 1 aromatic carbocycles. The molecule has 1 atom stereocenters. The summed E-state index contributed by atoms with van der Waals surface area (Å²) < 4.78 is 0. The van der Waals surface area contributed by atoms with Gasteiger partial charge in [-0.05, 0) is 44.2 Å². The second-order valence-corrected chi connectivity index (χ2v) is 6.77. The fourth-order valence-electron chi connectivity index (χ4n) is 3.75. The van der Waals surface area contributed by atoms with Gasteiger partial charge in [-0.15, -0.1) is 0 Å². The molecule has 124 valence electrons. The molecule has 0 saturated heterocycles. The van der Waals surface area contributed by atoms with E-state index in [0.717, 1.165) is 36.9 Å². The first-order valence-electron chi connectivity index (χ1n) is 8.87. The largest absolute Gasteiger partial charge is 0.352 e. The molecule has 1 fully saturated rings. The van der Waals surface area contributed by atoms with Gasteiger partial charge in [-0.25, -0.2) is 0 Å². The number of para-hydroxylation sites is 1. The van der Waals surface area contributed by atoms with Crippen LogP contribution in [0.1, 0.15) is 57.4 Å². The second kappa shape index (κ2) is 7.16. The number of amides is 2. The van der Waals surface area contributed by atoms with Crippen LogP contribution >= 0.6 is 0 Å². The highest BCUT2D eigenvalue weighted by Crippen LogP contribution is 2.28. The van der Waals surface area contributed by atoms with E-state index in [9.17, 15) is 9.59 Å². The molecule has 4 nitrogen and oxygen atoms in total. The first kappa shape index (κ1) is 16.0. The van der Waals surface area contributed by atoms with Gasteiger partial charge in [0, 0.05) is 18.2 Å². The van der Waals surface area contributed by atoms with Crippen LogP contribution in [0.25, 0.3) is 0 Å². The van der Waals surface area contributed by atoms with Gasteiger partial charge in [0.05, 0.1) is 0 Å². The van der Waals surface area contributed by atoms with Gasteiger partial charge < -0.3 is 5.32 Å². The van der Waals surface area contributed by atoms with Crippen molar-refractivity contribution in [2.75, 3.05) is 4.90 Å². The molecule has 2 aliphatic rings. The van der Waals surface area contributed by atoms with E-state index < -0.39 is 6.04 Å². The molecule has 1 saturated carbocycles. The summed E-state index contributed by atoms with van der Waals surface area (Å²) in [7, 11) is 0. The van der Waals surface area contributed by atoms with Crippen LogP contribution in [0.15, 0.2) is 24.3 Å². The SMILES string of the molecule is C[C@H](C(=O)NC1CCCCC1)N1C(=O)CCCc2ccccc21. The van der Waals surface area contributed by atoms with E-state index in [-0.39, 0.29) is 17.9 Å². The maximum Gasteiger partial charge on any atom is 0.243 e. The first-order valence-corrected chi connectivity index (χ1v) is 8.87. The van der Waals surface area contributed by atoms with Crippen molar-refractivity contribution in [3.63, 3.8) is 0 Å². The molecule has 1 aliphatic carbocycles. The molecule has 1 aliphatic heterocycles. The molecule has 0 unspecified atom stereocenters. The van der Waals surface area contributed by atoms with Gasteiger partial charge in [0.25, 0.3) is 0 Å². The number of fused-ring (bicyclic) bond motifs is 1. The number of nitrogens with zero attached hydrogens (tertiary/aromatic N) is 1. The van der Waals surface area contributed by atoms with Crippen molar-refractivity contribution in [2.24, 2.45) is 0 Å². The smallest absolute Gasteiger partial charge is 0.243 e. The quantitative estimate of drug-likeness (QED) is 0.931. The van der Waals surface area contributed by atoms with Crippen LogP contribution in [-0.4, -0.2) is 23.9 Å². The van der Waals surface area contributed by atoms with E-state index in [1.807, 2.05) is 25.1 Å². The summed E-state index contributed by atoms with van der Waals surface area (Å²) in [5.74, 6) is 0.0307. The Morgan fingerprint density at radius 3 is 2.65 bits per heavy atom. The minimum absolute atomic E-state index is 0.0260. The maximum atomic E-state index is 12.7. The number of nitrogens with one attached hydrogen (secondary N) is 1. The zero-order valence-corrected chi connectivity index (χ0v) is 13.9. The summed E-state index contributed by atoms with van der Waals surface area (Å²) in [6, 6.07) is 7.78. The monoisotopic (exact) mass is 314 g/mol. The van der Waals surface area contributed by atoms with Crippen LogP contribution in [0.4, 0.5) is 5.69 Å². The lowest BCUT2D eigenvalue weighted by atomic mass is 9.95. The van der Waals surface area contributed by atoms with Crippen LogP contribution in [0, 0.1) is 0 Å². The molecule has 0 bridgehead atoms. The number of aryl methyl sites for hydroxylation is 1. The topological polar surface area (TPSA) is 49.4 Å². The Morgan fingerprint density at radius 2 is 1.87 bits per heavy atom. The number of rotatable bonds is 3. The number of carbonyl (C=O) groups is 2. The molecule has 1 N–H and O–H groups in total. The van der Waals surface area contributed by atoms with E-state index in [1.165, 1.54) is 19.3 Å². The van der Waals surface area contributed by atoms with Crippen molar-refractivity contribution in [3.8, 4) is 0 Å². The molecule has 1 aromatic rings. The highest BCUT2D eigenvalue weighted by atomic mass is 16.2. The Hall–Kier alpha value is -1.84. The number of hydrogen-bond donors (Lipinski definition) is 1. The molecule has 0 radical (unpaired) electrons. The van der Waals surface area contributed by atoms with E-state index in [2.05, 4.69) is 11.4 Å². The molecule has 1 heterocycles. The Morgan fingerprint density at radius 1 is 1.13 bits per heavy atom. The highest BCUT2D eigenvalue weighted by Gasteiger charge is 2.31. The van der Waals surface area contributed by atoms with Crippen LogP contribution in [0.2, 0.25) is 0 Å². The Labute approximate surface area is 138 Å². The summed E-state index contributed by atoms with van der Waals surface area (Å²) in [5.41, 5.74) is 2.07. The minimum atomic E-state index is -0.455. The average molecular weight is 314 g/mol. The predicted molar refractivity (Wildman–Crippen MR) is 91.3 cm³/mol. The third-order valence-corrected chi connectivity index (χ3v) is 5.07. The van der Waals surface area contributed by atoms with Crippen LogP contribution in [-0.2, 0) is 16.0 Å². The lowest BCUT2D eigenvalue weighted by molar-refractivity contribution is -0.126. The van der Waals surface area contributed by atoms with Crippen molar-refractivity contribution in [1.82, 2.24) is 5.32 Å². The van der Waals surface area contributed by atoms with E-state index in [4.69, 9.17) is 0 Å². The molecule has 2 amide bonds. The molecule has 23 heavy (non-hydrogen) atoms. The van der Waals surface area contributed by atoms with Gasteiger partial charge in [0.15, 0.2) is 0 Å². The average Bonchev–Trinajstić information content (AvgIpc) is 2.73. The van der Waals surface area contributed by atoms with Crippen molar-refractivity contribution in [1.29, 1.82) is 0 Å². The lowest BCUT2D eigenvalue weighted by Gasteiger charge is -2.31. The third kappa shape index (κ3) is 3.57. The van der Waals surface area contributed by atoms with Crippen LogP contribution < -0.4 is 10.2 Å². The second-order valence-electron chi connectivity index (χ2n) is 6.77. The first-order chi connectivity index (χ1) is 11.2. The van der Waals surface area contributed by atoms with Crippen molar-refractivity contribution < 1.29 is 9.59 Å². The standard InChI is InChI=1S/C19H26N2O2/c1-14(19(23)20-16-10-3-2-4-11-16)21-17-12-6-5-8-15(17)9-7-13-18(21)22/h5-6,8,12,14,16H,2-4,7,9-11,13H2,1H3,(H,20,23)/t14-/m1/s1. The van der Waals surface area contributed by atoms with Crippen molar-refractivity contribution in [3.05, 3.63) is 29.8 Å². The van der Waals surface area contributed by atoms with Gasteiger partial charge in [-0.1, -0.05) is 37.5 Å². The van der Waals surface area contributed by atoms with Gasteiger partial charge in [-0.2, -0.15) is 0 Å². The Bertz CT molecular complexity index is 578. The van der Waals surface area contributed by atoms with Crippen molar-refractivity contribution >= 4 is 17.5 Å². The predicted octanol–water partition coefficient (Wildman–Crippen LogP) is 3.19. The third-order valence-electron chi connectivity index (χ3n) is 5.07. The Balaban J connectivity index is 1.77. The fraction of sp³-hybridized carbons (Fsp3) is 0.579. The number of hydrogen-bond acceptors (Lipinski definition) is 2. The zero-order valence-electron chi connectivity index (χ0n) is 13.9. The summed E-state index contributed by atoms with van der Waals surface area (Å²) in [6.07, 6.45) is 8.01. The molecule has 0 spiro atoms. The summed E-state index contributed by atoms with van der Waals surface area (Å²) in [6.45, 7) is 1.85. The van der Waals surface area contributed by atoms with E-state index >= 15 is 0 Å². The number of anilines is 1. The fourth-order valence-corrected chi connectivity index (χ4v) is 3.75. The molecular formula is C19H26N2O2. The molecule has 0 aromatic heterocycles. The van der Waals surface area contributed by atoms with Gasteiger partial charge >= 0.3 is 0 Å². The minimum Gasteiger partial charge on any atom is -0.352 e. The summed E-state index contributed by atoms with van der Waals surface area (Å²) in [5, 5.41) is 3.15. The maximum absolute atomic E-state index is 12.7. The summed E-state index contributed by atoms with van der Waals surface area (Å²) in [4.78, 5) is 26.9. The number of carbonyl (C=O) groups excluding carboxylic acids is 2. The summed E-state index contributed by atoms with van der Waals surface area (Å²) >= 11 is 0. The lowest BCUT2D eigenvalue weighted by Crippen LogP contribution is -2.51. The van der Waals surface area contributed by atoms with Crippen LogP contribution in [0.5, 0.6) is 0 Å². The van der Waals surface area contributed by atoms with Gasteiger partial charge in [-0.3, -0.25) is 14.5 Å². The molecular weight excluding hydrogens is 288 g/mol. The van der Waals surface area contributed by atoms with E-state index in [0.29, 0.717) is 6.42 Å². The van der Waals surface area contributed by atoms with Crippen LogP contribution in [0.3, 0.4) is 0 Å². The zero-order chi connectivity index (χ0) is 16.2. The molecule has 3 rings (SSSR count). The molecule has 4 heteroatoms.